The number of rotatable bonds is 8. The van der Waals surface area contributed by atoms with E-state index in [2.05, 4.69) is 9.97 Å². The van der Waals surface area contributed by atoms with Crippen LogP contribution in [0.15, 0.2) is 6.33 Å². The number of hydrogen-bond acceptors (Lipinski definition) is 6. The third-order valence-electron chi connectivity index (χ3n) is 2.70. The molecule has 0 spiro atoms. The lowest BCUT2D eigenvalue weighted by Gasteiger charge is -2.10. The Morgan fingerprint density at radius 2 is 1.90 bits per heavy atom. The van der Waals surface area contributed by atoms with Gasteiger partial charge in [0.05, 0.1) is 12.4 Å². The van der Waals surface area contributed by atoms with E-state index in [-0.39, 0.29) is 30.7 Å². The highest BCUT2D eigenvalue weighted by atomic mass is 16.4. The number of aromatic nitrogens is 2. The van der Waals surface area contributed by atoms with Gasteiger partial charge in [-0.2, -0.15) is 0 Å². The van der Waals surface area contributed by atoms with Crippen molar-refractivity contribution < 1.29 is 24.6 Å². The standard InChI is InChI=1S/C11H16N4O5/c12-5(1-2-8(16)17)10(18)9-7(14-4-15-9)3-6(13)11(19)20/h4-6H,1-3,12-13H2,(H,14,15)(H,16,17)(H,19,20)/t5-,6-/m0/s1. The number of carboxylic acids is 2. The molecule has 0 amide bonds. The van der Waals surface area contributed by atoms with E-state index in [1.54, 1.807) is 0 Å². The van der Waals surface area contributed by atoms with Gasteiger partial charge in [0.25, 0.3) is 0 Å². The van der Waals surface area contributed by atoms with Crippen LogP contribution in [0, 0.1) is 0 Å². The Bertz CT molecular complexity index is 513. The summed E-state index contributed by atoms with van der Waals surface area (Å²) in [5.41, 5.74) is 11.3. The molecule has 110 valence electrons. The van der Waals surface area contributed by atoms with Crippen molar-refractivity contribution in [3.8, 4) is 0 Å². The number of carboxylic acid groups (broad SMARTS) is 2. The van der Waals surface area contributed by atoms with Crippen LogP contribution in [0.2, 0.25) is 0 Å². The maximum Gasteiger partial charge on any atom is 0.320 e. The molecule has 0 saturated carbocycles. The molecule has 0 unspecified atom stereocenters. The molecule has 9 nitrogen and oxygen atoms in total. The van der Waals surface area contributed by atoms with Gasteiger partial charge in [-0.25, -0.2) is 4.98 Å². The number of aliphatic carboxylic acids is 2. The Labute approximate surface area is 114 Å². The lowest BCUT2D eigenvalue weighted by Crippen LogP contribution is -2.35. The smallest absolute Gasteiger partial charge is 0.320 e. The van der Waals surface area contributed by atoms with Crippen LogP contribution in [0.3, 0.4) is 0 Å². The molecule has 1 aromatic rings. The minimum Gasteiger partial charge on any atom is -0.481 e. The summed E-state index contributed by atoms with van der Waals surface area (Å²) >= 11 is 0. The average molecular weight is 284 g/mol. The second kappa shape index (κ2) is 6.78. The van der Waals surface area contributed by atoms with Crippen LogP contribution in [-0.4, -0.2) is 50.0 Å². The molecule has 0 aliphatic carbocycles. The van der Waals surface area contributed by atoms with Gasteiger partial charge in [-0.15, -0.1) is 0 Å². The van der Waals surface area contributed by atoms with Crippen molar-refractivity contribution in [1.82, 2.24) is 9.97 Å². The van der Waals surface area contributed by atoms with E-state index in [9.17, 15) is 14.4 Å². The van der Waals surface area contributed by atoms with E-state index in [1.165, 1.54) is 6.33 Å². The maximum atomic E-state index is 12.0. The summed E-state index contributed by atoms with van der Waals surface area (Å²) in [5.74, 6) is -2.79. The normalized spacial score (nSPS) is 13.7. The Hall–Kier alpha value is -2.26. The molecule has 0 radical (unpaired) electrons. The maximum absolute atomic E-state index is 12.0. The molecule has 2 atom stereocenters. The Kier molecular flexibility index (Phi) is 5.35. The number of carbonyl (C=O) groups is 3. The molecule has 0 aromatic carbocycles. The highest BCUT2D eigenvalue weighted by Crippen LogP contribution is 2.10. The second-order valence-electron chi connectivity index (χ2n) is 4.28. The second-order valence-corrected chi connectivity index (χ2v) is 4.28. The van der Waals surface area contributed by atoms with E-state index >= 15 is 0 Å². The first-order valence-corrected chi connectivity index (χ1v) is 5.85. The van der Waals surface area contributed by atoms with Crippen molar-refractivity contribution in [3.05, 3.63) is 17.7 Å². The van der Waals surface area contributed by atoms with Crippen molar-refractivity contribution in [3.63, 3.8) is 0 Å². The summed E-state index contributed by atoms with van der Waals surface area (Å²) in [4.78, 5) is 39.6. The molecule has 0 aliphatic heterocycles. The highest BCUT2D eigenvalue weighted by Gasteiger charge is 2.24. The molecule has 7 N–H and O–H groups in total. The fourth-order valence-corrected chi connectivity index (χ4v) is 1.58. The zero-order chi connectivity index (χ0) is 15.3. The minimum absolute atomic E-state index is 0.000381. The van der Waals surface area contributed by atoms with Crippen molar-refractivity contribution in [2.24, 2.45) is 11.5 Å². The molecule has 1 aromatic heterocycles. The lowest BCUT2D eigenvalue weighted by atomic mass is 10.0. The van der Waals surface area contributed by atoms with Crippen LogP contribution in [0.1, 0.15) is 29.0 Å². The number of nitrogens with two attached hydrogens (primary N) is 2. The average Bonchev–Trinajstić information content (AvgIpc) is 2.82. The van der Waals surface area contributed by atoms with E-state index < -0.39 is 29.8 Å². The molecule has 9 heteroatoms. The number of Topliss-reactive ketones (excluding diaryl/α,β-unsaturated/α-hetero) is 1. The summed E-state index contributed by atoms with van der Waals surface area (Å²) in [7, 11) is 0. The lowest BCUT2D eigenvalue weighted by molar-refractivity contribution is -0.139. The number of carbonyl (C=O) groups excluding carboxylic acids is 1. The Morgan fingerprint density at radius 3 is 2.45 bits per heavy atom. The number of imidazole rings is 1. The summed E-state index contributed by atoms with van der Waals surface area (Å²) in [6.45, 7) is 0. The number of hydrogen-bond donors (Lipinski definition) is 5. The number of aromatic amines is 1. The SMILES string of the molecule is N[C@@H](Cc1[nH]cnc1C(=O)[C@@H](N)CCC(=O)O)C(=O)O. The zero-order valence-electron chi connectivity index (χ0n) is 10.6. The van der Waals surface area contributed by atoms with E-state index in [4.69, 9.17) is 21.7 Å². The Morgan fingerprint density at radius 1 is 1.25 bits per heavy atom. The van der Waals surface area contributed by atoms with Gasteiger partial charge < -0.3 is 26.7 Å². The van der Waals surface area contributed by atoms with Gasteiger partial charge >= 0.3 is 11.9 Å². The number of nitrogens with one attached hydrogen (secondary N) is 1. The van der Waals surface area contributed by atoms with Crippen molar-refractivity contribution in [2.75, 3.05) is 0 Å². The largest absolute Gasteiger partial charge is 0.481 e. The highest BCUT2D eigenvalue weighted by molar-refractivity contribution is 5.99. The third kappa shape index (κ3) is 4.14. The summed E-state index contributed by atoms with van der Waals surface area (Å²) in [5, 5.41) is 17.3. The van der Waals surface area contributed by atoms with Gasteiger partial charge in [-0.1, -0.05) is 0 Å². The molecule has 0 saturated heterocycles. The van der Waals surface area contributed by atoms with E-state index in [0.29, 0.717) is 0 Å². The molecule has 1 rings (SSSR count). The number of nitrogens with zero attached hydrogens (tertiary/aromatic N) is 1. The zero-order valence-corrected chi connectivity index (χ0v) is 10.6. The molecule has 20 heavy (non-hydrogen) atoms. The molecule has 0 bridgehead atoms. The van der Waals surface area contributed by atoms with Crippen LogP contribution in [0.4, 0.5) is 0 Å². The van der Waals surface area contributed by atoms with Crippen molar-refractivity contribution >= 4 is 17.7 Å². The molecule has 0 aliphatic rings. The first-order chi connectivity index (χ1) is 9.32. The van der Waals surface area contributed by atoms with Crippen molar-refractivity contribution in [1.29, 1.82) is 0 Å². The molecule has 0 fully saturated rings. The van der Waals surface area contributed by atoms with Gasteiger partial charge in [0, 0.05) is 18.5 Å². The summed E-state index contributed by atoms with van der Waals surface area (Å²) < 4.78 is 0. The number of H-pyrrole nitrogens is 1. The van der Waals surface area contributed by atoms with Gasteiger partial charge in [-0.05, 0) is 6.42 Å². The molecule has 1 heterocycles. The van der Waals surface area contributed by atoms with E-state index in [1.807, 2.05) is 0 Å². The van der Waals surface area contributed by atoms with Crippen LogP contribution in [-0.2, 0) is 16.0 Å². The first-order valence-electron chi connectivity index (χ1n) is 5.85. The monoisotopic (exact) mass is 284 g/mol. The quantitative estimate of drug-likeness (QED) is 0.368. The third-order valence-corrected chi connectivity index (χ3v) is 2.70. The van der Waals surface area contributed by atoms with Gasteiger partial charge in [0.15, 0.2) is 5.78 Å². The van der Waals surface area contributed by atoms with Crippen LogP contribution < -0.4 is 11.5 Å². The summed E-state index contributed by atoms with van der Waals surface area (Å²) in [6, 6.07) is -2.17. The summed E-state index contributed by atoms with van der Waals surface area (Å²) in [6.07, 6.45) is 0.885. The van der Waals surface area contributed by atoms with Crippen molar-refractivity contribution in [2.45, 2.75) is 31.3 Å². The predicted octanol–water partition coefficient (Wildman–Crippen LogP) is -1.26. The van der Waals surface area contributed by atoms with Gasteiger partial charge in [0.1, 0.15) is 11.7 Å². The minimum atomic E-state index is -1.20. The van der Waals surface area contributed by atoms with Gasteiger partial charge in [-0.3, -0.25) is 14.4 Å². The fourth-order valence-electron chi connectivity index (χ4n) is 1.58. The van der Waals surface area contributed by atoms with Crippen LogP contribution in [0.5, 0.6) is 0 Å². The molecular weight excluding hydrogens is 268 g/mol. The van der Waals surface area contributed by atoms with Crippen LogP contribution in [0.25, 0.3) is 0 Å². The first kappa shape index (κ1) is 15.8. The van der Waals surface area contributed by atoms with Gasteiger partial charge in [0.2, 0.25) is 0 Å². The Balaban J connectivity index is 2.76. The fraction of sp³-hybridized carbons (Fsp3) is 0.455. The topological polar surface area (TPSA) is 172 Å². The predicted molar refractivity (Wildman–Crippen MR) is 67.1 cm³/mol. The number of ketones is 1. The van der Waals surface area contributed by atoms with Crippen LogP contribution >= 0.6 is 0 Å². The van der Waals surface area contributed by atoms with E-state index in [0.717, 1.165) is 0 Å². The molecular formula is C11H16N4O5.